The maximum atomic E-state index is 12.3. The number of hydrogen-bond acceptors (Lipinski definition) is 3. The van der Waals surface area contributed by atoms with Crippen molar-refractivity contribution in [2.45, 2.75) is 31.7 Å². The molecule has 1 fully saturated rings. The largest absolute Gasteiger partial charge is 0.321 e. The lowest BCUT2D eigenvalue weighted by Crippen LogP contribution is -2.39. The number of aromatic nitrogens is 1. The molecule has 1 aromatic rings. The molecule has 1 amide bonds. The van der Waals surface area contributed by atoms with Gasteiger partial charge in [-0.05, 0) is 40.9 Å². The van der Waals surface area contributed by atoms with Crippen molar-refractivity contribution in [1.82, 2.24) is 9.88 Å². The third-order valence-corrected chi connectivity index (χ3v) is 3.68. The third kappa shape index (κ3) is 2.88. The van der Waals surface area contributed by atoms with Crippen molar-refractivity contribution in [3.63, 3.8) is 0 Å². The van der Waals surface area contributed by atoms with Crippen LogP contribution in [0.15, 0.2) is 22.8 Å². The van der Waals surface area contributed by atoms with Crippen molar-refractivity contribution >= 4 is 21.8 Å². The molecule has 0 atom stereocenters. The molecule has 1 heterocycles. The molecule has 0 aliphatic heterocycles. The van der Waals surface area contributed by atoms with Crippen LogP contribution in [0.5, 0.6) is 0 Å². The van der Waals surface area contributed by atoms with E-state index in [9.17, 15) is 4.79 Å². The fraction of sp³-hybridized carbons (Fsp3) is 0.462. The summed E-state index contributed by atoms with van der Waals surface area (Å²) in [5, 5.41) is 8.87. The van der Waals surface area contributed by atoms with E-state index in [2.05, 4.69) is 27.0 Å². The highest BCUT2D eigenvalue weighted by molar-refractivity contribution is 9.10. The van der Waals surface area contributed by atoms with Crippen LogP contribution in [0.2, 0.25) is 0 Å². The summed E-state index contributed by atoms with van der Waals surface area (Å²) in [6, 6.07) is 5.75. The molecule has 0 N–H and O–H groups in total. The lowest BCUT2D eigenvalue weighted by molar-refractivity contribution is 0.0703. The quantitative estimate of drug-likeness (QED) is 0.807. The Kier molecular flexibility index (Phi) is 4.32. The van der Waals surface area contributed by atoms with Crippen LogP contribution in [0.25, 0.3) is 0 Å². The molecule has 0 aromatic carbocycles. The Morgan fingerprint density at radius 2 is 2.22 bits per heavy atom. The molecular weight excluding hydrogens is 294 g/mol. The van der Waals surface area contributed by atoms with Gasteiger partial charge in [0.15, 0.2) is 0 Å². The van der Waals surface area contributed by atoms with Crippen molar-refractivity contribution in [3.8, 4) is 6.07 Å². The molecule has 1 aliphatic rings. The average molecular weight is 308 g/mol. The van der Waals surface area contributed by atoms with E-state index in [1.54, 1.807) is 23.2 Å². The van der Waals surface area contributed by atoms with E-state index in [0.717, 1.165) is 30.2 Å². The zero-order valence-corrected chi connectivity index (χ0v) is 11.6. The molecular formula is C13H14BrN3O. The Labute approximate surface area is 115 Å². The minimum Gasteiger partial charge on any atom is -0.321 e. The normalized spacial score (nSPS) is 15.3. The predicted octanol–water partition coefficient (Wildman–Crippen LogP) is 2.75. The number of rotatable bonds is 3. The van der Waals surface area contributed by atoms with Crippen molar-refractivity contribution in [1.29, 1.82) is 5.26 Å². The van der Waals surface area contributed by atoms with Crippen molar-refractivity contribution in [2.24, 2.45) is 0 Å². The molecule has 18 heavy (non-hydrogen) atoms. The second-order valence-electron chi connectivity index (χ2n) is 4.39. The van der Waals surface area contributed by atoms with Gasteiger partial charge in [0.1, 0.15) is 12.2 Å². The van der Waals surface area contributed by atoms with E-state index in [0.29, 0.717) is 5.69 Å². The van der Waals surface area contributed by atoms with Crippen LogP contribution < -0.4 is 0 Å². The summed E-state index contributed by atoms with van der Waals surface area (Å²) in [6.45, 7) is 0.140. The van der Waals surface area contributed by atoms with Crippen LogP contribution in [0.3, 0.4) is 0 Å². The van der Waals surface area contributed by atoms with Crippen molar-refractivity contribution in [2.75, 3.05) is 6.54 Å². The zero-order chi connectivity index (χ0) is 13.0. The lowest BCUT2D eigenvalue weighted by Gasteiger charge is -2.26. The Morgan fingerprint density at radius 1 is 1.50 bits per heavy atom. The van der Waals surface area contributed by atoms with E-state index in [-0.39, 0.29) is 18.5 Å². The predicted molar refractivity (Wildman–Crippen MR) is 70.8 cm³/mol. The summed E-state index contributed by atoms with van der Waals surface area (Å²) in [7, 11) is 0. The molecule has 1 saturated carbocycles. The molecule has 4 nitrogen and oxygen atoms in total. The molecule has 0 spiro atoms. The summed E-state index contributed by atoms with van der Waals surface area (Å²) in [4.78, 5) is 18.1. The van der Waals surface area contributed by atoms with Gasteiger partial charge in [-0.1, -0.05) is 12.8 Å². The summed E-state index contributed by atoms with van der Waals surface area (Å²) in [6.07, 6.45) is 5.85. The van der Waals surface area contributed by atoms with Gasteiger partial charge in [-0.25, -0.2) is 4.98 Å². The number of pyridine rings is 1. The Balaban J connectivity index is 2.17. The van der Waals surface area contributed by atoms with E-state index >= 15 is 0 Å². The van der Waals surface area contributed by atoms with E-state index in [1.165, 1.54) is 0 Å². The Bertz CT molecular complexity index is 460. The fourth-order valence-electron chi connectivity index (χ4n) is 2.31. The first-order valence-electron chi connectivity index (χ1n) is 6.02. The monoisotopic (exact) mass is 307 g/mol. The highest BCUT2D eigenvalue weighted by Crippen LogP contribution is 2.24. The molecule has 5 heteroatoms. The average Bonchev–Trinajstić information content (AvgIpc) is 2.90. The van der Waals surface area contributed by atoms with E-state index in [1.807, 2.05) is 0 Å². The Hall–Kier alpha value is -1.41. The summed E-state index contributed by atoms with van der Waals surface area (Å²) >= 11 is 3.29. The molecule has 0 saturated heterocycles. The first-order chi connectivity index (χ1) is 8.72. The summed E-state index contributed by atoms with van der Waals surface area (Å²) in [5.41, 5.74) is 0.403. The molecule has 2 rings (SSSR count). The van der Waals surface area contributed by atoms with Crippen LogP contribution in [0.1, 0.15) is 36.2 Å². The first-order valence-corrected chi connectivity index (χ1v) is 6.81. The first kappa shape index (κ1) is 13.0. The highest BCUT2D eigenvalue weighted by Gasteiger charge is 2.27. The number of halogens is 1. The number of carbonyl (C=O) groups excluding carboxylic acids is 1. The second-order valence-corrected chi connectivity index (χ2v) is 5.31. The van der Waals surface area contributed by atoms with Crippen LogP contribution >= 0.6 is 15.9 Å². The third-order valence-electron chi connectivity index (χ3n) is 3.21. The number of nitrogens with zero attached hydrogens (tertiary/aromatic N) is 3. The maximum Gasteiger partial charge on any atom is 0.273 e. The molecule has 0 unspecified atom stereocenters. The molecule has 0 bridgehead atoms. The van der Waals surface area contributed by atoms with Crippen LogP contribution in [-0.4, -0.2) is 28.4 Å². The van der Waals surface area contributed by atoms with E-state index in [4.69, 9.17) is 5.26 Å². The zero-order valence-electron chi connectivity index (χ0n) is 9.97. The SMILES string of the molecule is N#CCN(C(=O)c1ccc(Br)cn1)C1CCCC1. The van der Waals surface area contributed by atoms with Gasteiger partial charge < -0.3 is 4.90 Å². The summed E-state index contributed by atoms with van der Waals surface area (Å²) < 4.78 is 0.840. The van der Waals surface area contributed by atoms with Gasteiger partial charge in [0.05, 0.1) is 6.07 Å². The standard InChI is InChI=1S/C13H14BrN3O/c14-10-5-6-12(16-9-10)13(18)17(8-7-15)11-3-1-2-4-11/h5-6,9,11H,1-4,8H2. The molecule has 0 radical (unpaired) electrons. The Morgan fingerprint density at radius 3 is 2.78 bits per heavy atom. The topological polar surface area (TPSA) is 57.0 Å². The van der Waals surface area contributed by atoms with Crippen LogP contribution in [0, 0.1) is 11.3 Å². The molecule has 1 aliphatic carbocycles. The minimum absolute atomic E-state index is 0.140. The molecule has 94 valence electrons. The van der Waals surface area contributed by atoms with Gasteiger partial charge in [0.25, 0.3) is 5.91 Å². The van der Waals surface area contributed by atoms with Gasteiger partial charge in [-0.2, -0.15) is 5.26 Å². The highest BCUT2D eigenvalue weighted by atomic mass is 79.9. The van der Waals surface area contributed by atoms with Gasteiger partial charge in [-0.15, -0.1) is 0 Å². The van der Waals surface area contributed by atoms with Crippen molar-refractivity contribution in [3.05, 3.63) is 28.5 Å². The second kappa shape index (κ2) is 5.96. The van der Waals surface area contributed by atoms with E-state index < -0.39 is 0 Å². The molecule has 1 aromatic heterocycles. The minimum atomic E-state index is -0.143. The number of hydrogen-bond donors (Lipinski definition) is 0. The lowest BCUT2D eigenvalue weighted by atomic mass is 10.2. The van der Waals surface area contributed by atoms with Gasteiger partial charge in [0.2, 0.25) is 0 Å². The fourth-order valence-corrected chi connectivity index (χ4v) is 2.54. The van der Waals surface area contributed by atoms with Crippen molar-refractivity contribution < 1.29 is 4.79 Å². The van der Waals surface area contributed by atoms with Gasteiger partial charge >= 0.3 is 0 Å². The van der Waals surface area contributed by atoms with Crippen LogP contribution in [-0.2, 0) is 0 Å². The van der Waals surface area contributed by atoms with Gasteiger partial charge in [-0.3, -0.25) is 4.79 Å². The number of carbonyl (C=O) groups is 1. The van der Waals surface area contributed by atoms with Gasteiger partial charge in [0, 0.05) is 16.7 Å². The maximum absolute atomic E-state index is 12.3. The number of amides is 1. The number of nitriles is 1. The van der Waals surface area contributed by atoms with Crippen LogP contribution in [0.4, 0.5) is 0 Å². The summed E-state index contributed by atoms with van der Waals surface area (Å²) in [5.74, 6) is -0.143. The smallest absolute Gasteiger partial charge is 0.273 e.